The van der Waals surface area contributed by atoms with E-state index in [1.54, 1.807) is 6.92 Å². The molecule has 2 aromatic rings. The third-order valence-electron chi connectivity index (χ3n) is 4.02. The first-order valence-corrected chi connectivity index (χ1v) is 9.02. The Morgan fingerprint density at radius 2 is 2.00 bits per heavy atom. The molecule has 1 aliphatic heterocycles. The minimum Gasteiger partial charge on any atom is -0.308 e. The van der Waals surface area contributed by atoms with E-state index in [9.17, 15) is 12.8 Å². The monoisotopic (exact) mass is 370 g/mol. The van der Waals surface area contributed by atoms with E-state index in [2.05, 4.69) is 16.1 Å². The SMILES string of the molecule is Cc1cc(F)cc(S(=O)(=O)NCC2NCCc3ccccc32)c1.Cl. The predicted octanol–water partition coefficient (Wildman–Crippen LogP) is 2.72. The molecule has 1 atom stereocenters. The highest BCUT2D eigenvalue weighted by atomic mass is 35.5. The van der Waals surface area contributed by atoms with Crippen LogP contribution < -0.4 is 10.0 Å². The van der Waals surface area contributed by atoms with Gasteiger partial charge in [-0.25, -0.2) is 17.5 Å². The van der Waals surface area contributed by atoms with Gasteiger partial charge in [-0.1, -0.05) is 24.3 Å². The summed E-state index contributed by atoms with van der Waals surface area (Å²) in [5, 5.41) is 3.32. The molecule has 0 bridgehead atoms. The molecule has 0 saturated carbocycles. The minimum atomic E-state index is -3.74. The van der Waals surface area contributed by atoms with Crippen LogP contribution in [0, 0.1) is 12.7 Å². The molecule has 1 aliphatic rings. The minimum absolute atomic E-state index is 0. The van der Waals surface area contributed by atoms with Crippen molar-refractivity contribution in [3.8, 4) is 0 Å². The fraction of sp³-hybridized carbons (Fsp3) is 0.294. The summed E-state index contributed by atoms with van der Waals surface area (Å²) < 4.78 is 40.8. The molecule has 0 spiro atoms. The largest absolute Gasteiger partial charge is 0.308 e. The fourth-order valence-corrected chi connectivity index (χ4v) is 4.07. The van der Waals surface area contributed by atoms with Gasteiger partial charge in [0.15, 0.2) is 0 Å². The van der Waals surface area contributed by atoms with Gasteiger partial charge in [0, 0.05) is 12.6 Å². The van der Waals surface area contributed by atoms with Crippen LogP contribution in [0.15, 0.2) is 47.4 Å². The number of fused-ring (bicyclic) bond motifs is 1. The van der Waals surface area contributed by atoms with E-state index in [0.29, 0.717) is 5.56 Å². The summed E-state index contributed by atoms with van der Waals surface area (Å²) in [4.78, 5) is -0.0425. The molecule has 130 valence electrons. The highest BCUT2D eigenvalue weighted by molar-refractivity contribution is 7.89. The van der Waals surface area contributed by atoms with Gasteiger partial charge in [-0.3, -0.25) is 0 Å². The number of rotatable bonds is 4. The molecule has 4 nitrogen and oxygen atoms in total. The van der Waals surface area contributed by atoms with Gasteiger partial charge in [-0.15, -0.1) is 12.4 Å². The van der Waals surface area contributed by atoms with E-state index in [4.69, 9.17) is 0 Å². The van der Waals surface area contributed by atoms with Crippen molar-refractivity contribution < 1.29 is 12.8 Å². The first-order chi connectivity index (χ1) is 11.0. The van der Waals surface area contributed by atoms with E-state index in [1.807, 2.05) is 18.2 Å². The molecule has 0 aliphatic carbocycles. The van der Waals surface area contributed by atoms with E-state index in [1.165, 1.54) is 17.7 Å². The number of sulfonamides is 1. The number of halogens is 2. The van der Waals surface area contributed by atoms with Gasteiger partial charge in [-0.2, -0.15) is 0 Å². The third kappa shape index (κ3) is 4.13. The second kappa shape index (κ2) is 7.61. The molecule has 1 heterocycles. The van der Waals surface area contributed by atoms with E-state index < -0.39 is 15.8 Å². The van der Waals surface area contributed by atoms with Crippen LogP contribution in [-0.4, -0.2) is 21.5 Å². The van der Waals surface area contributed by atoms with Gasteiger partial charge >= 0.3 is 0 Å². The van der Waals surface area contributed by atoms with Crippen molar-refractivity contribution in [2.24, 2.45) is 0 Å². The van der Waals surface area contributed by atoms with Gasteiger partial charge in [0.05, 0.1) is 4.90 Å². The van der Waals surface area contributed by atoms with Crippen LogP contribution in [0.1, 0.15) is 22.7 Å². The molecule has 3 rings (SSSR count). The highest BCUT2D eigenvalue weighted by Gasteiger charge is 2.22. The fourth-order valence-electron chi connectivity index (χ4n) is 2.91. The Morgan fingerprint density at radius 1 is 1.25 bits per heavy atom. The van der Waals surface area contributed by atoms with Crippen molar-refractivity contribution in [2.75, 3.05) is 13.1 Å². The van der Waals surface area contributed by atoms with Crippen LogP contribution in [0.2, 0.25) is 0 Å². The van der Waals surface area contributed by atoms with Gasteiger partial charge in [0.1, 0.15) is 5.82 Å². The van der Waals surface area contributed by atoms with Crippen LogP contribution in [0.5, 0.6) is 0 Å². The maximum Gasteiger partial charge on any atom is 0.240 e. The molecular formula is C17H20ClFN2O2S. The second-order valence-electron chi connectivity index (χ2n) is 5.77. The number of hydrogen-bond acceptors (Lipinski definition) is 3. The van der Waals surface area contributed by atoms with Crippen LogP contribution in [0.4, 0.5) is 4.39 Å². The standard InChI is InChI=1S/C17H19FN2O2S.ClH/c1-12-8-14(18)10-15(9-12)23(21,22)20-11-17-16-5-3-2-4-13(16)6-7-19-17;/h2-5,8-10,17,19-20H,6-7,11H2,1H3;1H. The quantitative estimate of drug-likeness (QED) is 0.870. The lowest BCUT2D eigenvalue weighted by atomic mass is 9.95. The Balaban J connectivity index is 0.00000208. The van der Waals surface area contributed by atoms with E-state index in [-0.39, 0.29) is 29.9 Å². The topological polar surface area (TPSA) is 58.2 Å². The van der Waals surface area contributed by atoms with Gasteiger partial charge < -0.3 is 5.32 Å². The van der Waals surface area contributed by atoms with Gasteiger partial charge in [0.2, 0.25) is 10.0 Å². The molecule has 0 aromatic heterocycles. The first-order valence-electron chi connectivity index (χ1n) is 7.54. The van der Waals surface area contributed by atoms with Crippen molar-refractivity contribution in [3.05, 3.63) is 65.0 Å². The third-order valence-corrected chi connectivity index (χ3v) is 5.42. The van der Waals surface area contributed by atoms with Crippen molar-refractivity contribution >= 4 is 22.4 Å². The highest BCUT2D eigenvalue weighted by Crippen LogP contribution is 2.22. The maximum atomic E-state index is 13.4. The number of hydrogen-bond donors (Lipinski definition) is 2. The molecule has 7 heteroatoms. The predicted molar refractivity (Wildman–Crippen MR) is 94.5 cm³/mol. The maximum absolute atomic E-state index is 13.4. The van der Waals surface area contributed by atoms with Crippen molar-refractivity contribution in [1.82, 2.24) is 10.0 Å². The zero-order valence-corrected chi connectivity index (χ0v) is 14.9. The summed E-state index contributed by atoms with van der Waals surface area (Å²) >= 11 is 0. The van der Waals surface area contributed by atoms with Crippen molar-refractivity contribution in [3.63, 3.8) is 0 Å². The zero-order valence-electron chi connectivity index (χ0n) is 13.3. The molecule has 0 amide bonds. The summed E-state index contributed by atoms with van der Waals surface area (Å²) in [6.07, 6.45) is 0.933. The normalized spacial score (nSPS) is 17.0. The first kappa shape index (κ1) is 18.9. The summed E-state index contributed by atoms with van der Waals surface area (Å²) in [6, 6.07) is 11.7. The van der Waals surface area contributed by atoms with Crippen LogP contribution in [0.3, 0.4) is 0 Å². The summed E-state index contributed by atoms with van der Waals surface area (Å²) in [6.45, 7) is 2.71. The molecule has 0 radical (unpaired) electrons. The Hall–Kier alpha value is -1.47. The van der Waals surface area contributed by atoms with Gasteiger partial charge in [-0.05, 0) is 54.8 Å². The summed E-state index contributed by atoms with van der Waals surface area (Å²) in [5.74, 6) is -0.550. The molecule has 2 aromatic carbocycles. The van der Waals surface area contributed by atoms with Crippen LogP contribution in [0.25, 0.3) is 0 Å². The molecule has 0 saturated heterocycles. The lowest BCUT2D eigenvalue weighted by Crippen LogP contribution is -2.38. The lowest BCUT2D eigenvalue weighted by Gasteiger charge is -2.27. The Morgan fingerprint density at radius 3 is 2.75 bits per heavy atom. The molecule has 2 N–H and O–H groups in total. The number of aryl methyl sites for hydroxylation is 1. The Labute approximate surface area is 147 Å². The van der Waals surface area contributed by atoms with Crippen molar-refractivity contribution in [1.29, 1.82) is 0 Å². The van der Waals surface area contributed by atoms with E-state index >= 15 is 0 Å². The number of benzene rings is 2. The van der Waals surface area contributed by atoms with Crippen LogP contribution in [-0.2, 0) is 16.4 Å². The van der Waals surface area contributed by atoms with Gasteiger partial charge in [0.25, 0.3) is 0 Å². The summed E-state index contributed by atoms with van der Waals surface area (Å²) in [5.41, 5.74) is 2.92. The molecular weight excluding hydrogens is 351 g/mol. The Kier molecular flexibility index (Phi) is 5.98. The smallest absolute Gasteiger partial charge is 0.240 e. The lowest BCUT2D eigenvalue weighted by molar-refractivity contribution is 0.491. The Bertz CT molecular complexity index is 807. The average molecular weight is 371 g/mol. The zero-order chi connectivity index (χ0) is 16.4. The molecule has 24 heavy (non-hydrogen) atoms. The summed E-state index contributed by atoms with van der Waals surface area (Å²) in [7, 11) is -3.74. The number of nitrogens with one attached hydrogen (secondary N) is 2. The van der Waals surface area contributed by atoms with Crippen molar-refractivity contribution in [2.45, 2.75) is 24.3 Å². The molecule has 0 fully saturated rings. The van der Waals surface area contributed by atoms with Crippen LogP contribution >= 0.6 is 12.4 Å². The molecule has 1 unspecified atom stereocenters. The average Bonchev–Trinajstić information content (AvgIpc) is 2.52. The second-order valence-corrected chi connectivity index (χ2v) is 7.54. The van der Waals surface area contributed by atoms with E-state index in [0.717, 1.165) is 24.6 Å².